The highest BCUT2D eigenvalue weighted by Crippen LogP contribution is 2.17. The number of nitrogens with one attached hydrogen (secondary N) is 1. The largest absolute Gasteiger partial charge is 0.497 e. The van der Waals surface area contributed by atoms with Crippen LogP contribution in [0.3, 0.4) is 0 Å². The lowest BCUT2D eigenvalue weighted by molar-refractivity contribution is 0.0988. The van der Waals surface area contributed by atoms with E-state index < -0.39 is 6.10 Å². The van der Waals surface area contributed by atoms with Gasteiger partial charge in [0.1, 0.15) is 24.2 Å². The van der Waals surface area contributed by atoms with Gasteiger partial charge in [0.25, 0.3) is 0 Å². The Morgan fingerprint density at radius 2 is 1.57 bits per heavy atom. The number of methoxy groups -OCH3 is 1. The van der Waals surface area contributed by atoms with Gasteiger partial charge in [0, 0.05) is 18.7 Å². The highest BCUT2D eigenvalue weighted by molar-refractivity contribution is 5.28. The second kappa shape index (κ2) is 11.1. The first kappa shape index (κ1) is 22.2. The van der Waals surface area contributed by atoms with Crippen LogP contribution in [0.15, 0.2) is 48.5 Å². The molecule has 0 amide bonds. The smallest absolute Gasteiger partial charge is 0.119 e. The van der Waals surface area contributed by atoms with E-state index in [1.165, 1.54) is 11.1 Å². The highest BCUT2D eigenvalue weighted by Gasteiger charge is 2.19. The van der Waals surface area contributed by atoms with Gasteiger partial charge in [-0.1, -0.05) is 24.3 Å². The van der Waals surface area contributed by atoms with Gasteiger partial charge in [0.2, 0.25) is 0 Å². The van der Waals surface area contributed by atoms with Gasteiger partial charge in [0.15, 0.2) is 0 Å². The second-order valence-electron chi connectivity index (χ2n) is 7.73. The fourth-order valence-electron chi connectivity index (χ4n) is 3.00. The number of hydrogen-bond acceptors (Lipinski definition) is 5. The molecule has 2 aromatic carbocycles. The molecule has 0 aliphatic rings. The predicted octanol–water partition coefficient (Wildman–Crippen LogP) is 2.97. The fourth-order valence-corrected chi connectivity index (χ4v) is 3.00. The zero-order valence-electron chi connectivity index (χ0n) is 17.1. The molecule has 5 heteroatoms. The Balaban J connectivity index is 1.73. The molecule has 5 nitrogen and oxygen atoms in total. The van der Waals surface area contributed by atoms with Gasteiger partial charge in [-0.2, -0.15) is 0 Å². The van der Waals surface area contributed by atoms with E-state index in [2.05, 4.69) is 31.3 Å². The van der Waals surface area contributed by atoms with Gasteiger partial charge >= 0.3 is 0 Å². The van der Waals surface area contributed by atoms with Gasteiger partial charge in [-0.25, -0.2) is 0 Å². The Morgan fingerprint density at radius 1 is 0.964 bits per heavy atom. The monoisotopic (exact) mass is 387 g/mol. The maximum Gasteiger partial charge on any atom is 0.119 e. The van der Waals surface area contributed by atoms with E-state index in [9.17, 15) is 5.11 Å². The minimum absolute atomic E-state index is 0.149. The van der Waals surface area contributed by atoms with Crippen LogP contribution in [0, 0.1) is 0 Å². The molecule has 28 heavy (non-hydrogen) atoms. The molecule has 2 rings (SSSR count). The van der Waals surface area contributed by atoms with Crippen LogP contribution in [-0.4, -0.2) is 48.7 Å². The number of aliphatic hydroxyl groups is 2. The molecule has 3 N–H and O–H groups in total. The Hall–Kier alpha value is -2.08. The summed E-state index contributed by atoms with van der Waals surface area (Å²) in [7, 11) is 1.66. The summed E-state index contributed by atoms with van der Waals surface area (Å²) in [5, 5.41) is 22.5. The van der Waals surface area contributed by atoms with E-state index in [4.69, 9.17) is 14.6 Å². The topological polar surface area (TPSA) is 71.0 Å². The van der Waals surface area contributed by atoms with Crippen LogP contribution in [0.1, 0.15) is 31.4 Å². The van der Waals surface area contributed by atoms with Crippen LogP contribution < -0.4 is 14.8 Å². The molecule has 0 bridgehead atoms. The van der Waals surface area contributed by atoms with E-state index >= 15 is 0 Å². The molecule has 0 radical (unpaired) electrons. The summed E-state index contributed by atoms with van der Waals surface area (Å²) in [6.07, 6.45) is 1.87. The lowest BCUT2D eigenvalue weighted by Crippen LogP contribution is -2.46. The summed E-state index contributed by atoms with van der Waals surface area (Å²) in [6, 6.07) is 15.8. The van der Waals surface area contributed by atoms with Gasteiger partial charge < -0.3 is 25.0 Å². The van der Waals surface area contributed by atoms with Crippen molar-refractivity contribution in [3.8, 4) is 11.5 Å². The Kier molecular flexibility index (Phi) is 8.77. The molecule has 0 aliphatic carbocycles. The molecule has 0 fully saturated rings. The molecular weight excluding hydrogens is 354 g/mol. The lowest BCUT2D eigenvalue weighted by atomic mass is 9.94. The van der Waals surface area contributed by atoms with Crippen LogP contribution in [-0.2, 0) is 12.8 Å². The molecule has 0 spiro atoms. The minimum Gasteiger partial charge on any atom is -0.497 e. The number of β-amino-alcohol motifs (C(OH)–C–C–N with tert-alkyl or cyclic N) is 1. The van der Waals surface area contributed by atoms with E-state index in [1.807, 2.05) is 36.4 Å². The minimum atomic E-state index is -0.593. The summed E-state index contributed by atoms with van der Waals surface area (Å²) in [6.45, 7) is 5.14. The maximum atomic E-state index is 10.2. The average Bonchev–Trinajstić information content (AvgIpc) is 2.70. The number of aliphatic hydroxyl groups excluding tert-OH is 2. The third kappa shape index (κ3) is 7.89. The van der Waals surface area contributed by atoms with Crippen LogP contribution >= 0.6 is 0 Å². The van der Waals surface area contributed by atoms with Crippen molar-refractivity contribution in [3.05, 3.63) is 59.7 Å². The molecule has 1 unspecified atom stereocenters. The maximum absolute atomic E-state index is 10.2. The SMILES string of the molecule is COc1ccc(CC(C)(C)NCC(O)COc2ccc(CCCO)cc2)cc1. The van der Waals surface area contributed by atoms with E-state index in [-0.39, 0.29) is 18.8 Å². The molecule has 0 heterocycles. The van der Waals surface area contributed by atoms with Gasteiger partial charge in [-0.3, -0.25) is 0 Å². The van der Waals surface area contributed by atoms with Crippen molar-refractivity contribution < 1.29 is 19.7 Å². The number of rotatable bonds is 12. The molecule has 154 valence electrons. The summed E-state index contributed by atoms with van der Waals surface area (Å²) < 4.78 is 10.9. The van der Waals surface area contributed by atoms with Crippen LogP contribution in [0.4, 0.5) is 0 Å². The Labute approximate surface area is 168 Å². The van der Waals surface area contributed by atoms with E-state index in [1.54, 1.807) is 7.11 Å². The molecular formula is C23H33NO4. The standard InChI is InChI=1S/C23H33NO4/c1-23(2,15-19-8-10-21(27-3)11-9-19)24-16-20(26)17-28-22-12-6-18(7-13-22)5-4-14-25/h6-13,20,24-26H,4-5,14-17H2,1-3H3. The van der Waals surface area contributed by atoms with Crippen molar-refractivity contribution in [2.75, 3.05) is 26.9 Å². The average molecular weight is 388 g/mol. The summed E-state index contributed by atoms with van der Waals surface area (Å²) in [5.74, 6) is 1.59. The van der Waals surface area contributed by atoms with Crippen molar-refractivity contribution in [1.29, 1.82) is 0 Å². The molecule has 0 saturated carbocycles. The normalized spacial score (nSPS) is 12.6. The molecule has 2 aromatic rings. The fraction of sp³-hybridized carbons (Fsp3) is 0.478. The first-order valence-corrected chi connectivity index (χ1v) is 9.80. The third-order valence-electron chi connectivity index (χ3n) is 4.61. The van der Waals surface area contributed by atoms with Crippen LogP contribution in [0.5, 0.6) is 11.5 Å². The lowest BCUT2D eigenvalue weighted by Gasteiger charge is -2.28. The molecule has 1 atom stereocenters. The molecule has 0 saturated heterocycles. The number of ether oxygens (including phenoxy) is 2. The molecule has 0 aliphatic heterocycles. The second-order valence-corrected chi connectivity index (χ2v) is 7.73. The predicted molar refractivity (Wildman–Crippen MR) is 112 cm³/mol. The van der Waals surface area contributed by atoms with Crippen molar-refractivity contribution in [2.45, 2.75) is 44.8 Å². The van der Waals surface area contributed by atoms with Gasteiger partial charge in [-0.05, 0) is 68.5 Å². The van der Waals surface area contributed by atoms with Crippen LogP contribution in [0.2, 0.25) is 0 Å². The van der Waals surface area contributed by atoms with Crippen molar-refractivity contribution in [1.82, 2.24) is 5.32 Å². The van der Waals surface area contributed by atoms with E-state index in [0.717, 1.165) is 30.8 Å². The van der Waals surface area contributed by atoms with E-state index in [0.29, 0.717) is 6.54 Å². The third-order valence-corrected chi connectivity index (χ3v) is 4.61. The molecule has 0 aromatic heterocycles. The first-order valence-electron chi connectivity index (χ1n) is 9.80. The van der Waals surface area contributed by atoms with Gasteiger partial charge in [0.05, 0.1) is 7.11 Å². The number of hydrogen-bond donors (Lipinski definition) is 3. The Bertz CT molecular complexity index is 683. The van der Waals surface area contributed by atoms with Gasteiger partial charge in [-0.15, -0.1) is 0 Å². The zero-order valence-corrected chi connectivity index (χ0v) is 17.1. The first-order chi connectivity index (χ1) is 13.4. The van der Waals surface area contributed by atoms with Crippen molar-refractivity contribution in [3.63, 3.8) is 0 Å². The summed E-state index contributed by atoms with van der Waals surface area (Å²) in [5.41, 5.74) is 2.23. The zero-order chi connectivity index (χ0) is 20.4. The Morgan fingerprint density at radius 3 is 2.18 bits per heavy atom. The highest BCUT2D eigenvalue weighted by atomic mass is 16.5. The number of aryl methyl sites for hydroxylation is 1. The van der Waals surface area contributed by atoms with Crippen molar-refractivity contribution >= 4 is 0 Å². The van der Waals surface area contributed by atoms with Crippen molar-refractivity contribution in [2.24, 2.45) is 0 Å². The number of benzene rings is 2. The van der Waals surface area contributed by atoms with Crippen LogP contribution in [0.25, 0.3) is 0 Å². The summed E-state index contributed by atoms with van der Waals surface area (Å²) in [4.78, 5) is 0. The quantitative estimate of drug-likeness (QED) is 0.522. The summed E-state index contributed by atoms with van der Waals surface area (Å²) >= 11 is 0.